The highest BCUT2D eigenvalue weighted by molar-refractivity contribution is 8.00. The molecule has 1 heterocycles. The Morgan fingerprint density at radius 3 is 2.15 bits per heavy atom. The number of amides is 1. The molecule has 1 aliphatic heterocycles. The first kappa shape index (κ1) is 17.5. The number of methoxy groups -OCH3 is 1. The predicted molar refractivity (Wildman–Crippen MR) is 109 cm³/mol. The Morgan fingerprint density at radius 1 is 0.852 bits per heavy atom. The van der Waals surface area contributed by atoms with Gasteiger partial charge in [0, 0.05) is 5.69 Å². The first-order valence-corrected chi connectivity index (χ1v) is 9.70. The van der Waals surface area contributed by atoms with Crippen LogP contribution in [0.1, 0.15) is 10.9 Å². The maximum absolute atomic E-state index is 12.5. The van der Waals surface area contributed by atoms with Crippen molar-refractivity contribution < 1.29 is 14.3 Å². The van der Waals surface area contributed by atoms with Crippen molar-refractivity contribution in [2.45, 2.75) is 5.37 Å². The van der Waals surface area contributed by atoms with Crippen LogP contribution in [0.25, 0.3) is 0 Å². The lowest BCUT2D eigenvalue weighted by molar-refractivity contribution is -0.115. The number of hydrogen-bond acceptors (Lipinski definition) is 4. The summed E-state index contributed by atoms with van der Waals surface area (Å²) in [6.45, 7) is 0. The number of thioether (sulfide) groups is 1. The zero-order valence-electron chi connectivity index (χ0n) is 14.9. The molecule has 0 N–H and O–H groups in total. The summed E-state index contributed by atoms with van der Waals surface area (Å²) >= 11 is 1.63. The number of benzene rings is 3. The molecule has 0 bridgehead atoms. The molecule has 4 rings (SSSR count). The summed E-state index contributed by atoms with van der Waals surface area (Å²) in [5, 5.41) is -0.0377. The van der Waals surface area contributed by atoms with Gasteiger partial charge in [-0.15, -0.1) is 11.8 Å². The molecule has 0 aromatic heterocycles. The molecule has 1 saturated heterocycles. The number of carbonyl (C=O) groups excluding carboxylic acids is 1. The highest BCUT2D eigenvalue weighted by Crippen LogP contribution is 2.42. The van der Waals surface area contributed by atoms with Gasteiger partial charge in [0.15, 0.2) is 0 Å². The summed E-state index contributed by atoms with van der Waals surface area (Å²) in [6.07, 6.45) is 0. The molecule has 5 heteroatoms. The molecule has 1 atom stereocenters. The van der Waals surface area contributed by atoms with Crippen LogP contribution < -0.4 is 14.4 Å². The zero-order chi connectivity index (χ0) is 18.6. The number of carbonyl (C=O) groups is 1. The van der Waals surface area contributed by atoms with Gasteiger partial charge in [-0.3, -0.25) is 9.69 Å². The number of para-hydroxylation sites is 1. The Balaban J connectivity index is 1.55. The van der Waals surface area contributed by atoms with Crippen molar-refractivity contribution in [1.82, 2.24) is 0 Å². The molecule has 0 unspecified atom stereocenters. The zero-order valence-corrected chi connectivity index (χ0v) is 15.7. The van der Waals surface area contributed by atoms with E-state index in [1.54, 1.807) is 18.9 Å². The van der Waals surface area contributed by atoms with E-state index < -0.39 is 0 Å². The molecule has 3 aromatic carbocycles. The highest BCUT2D eigenvalue weighted by Gasteiger charge is 2.34. The van der Waals surface area contributed by atoms with Crippen LogP contribution in [0.2, 0.25) is 0 Å². The van der Waals surface area contributed by atoms with E-state index in [9.17, 15) is 4.79 Å². The summed E-state index contributed by atoms with van der Waals surface area (Å²) < 4.78 is 11.1. The van der Waals surface area contributed by atoms with Crippen molar-refractivity contribution in [1.29, 1.82) is 0 Å². The van der Waals surface area contributed by atoms with Gasteiger partial charge >= 0.3 is 0 Å². The predicted octanol–water partition coefficient (Wildman–Crippen LogP) is 5.27. The first-order valence-electron chi connectivity index (χ1n) is 8.65. The maximum atomic E-state index is 12.5. The third kappa shape index (κ3) is 3.78. The largest absolute Gasteiger partial charge is 0.497 e. The Bertz CT molecular complexity index is 911. The molecule has 4 nitrogen and oxygen atoms in total. The van der Waals surface area contributed by atoms with Crippen molar-refractivity contribution in [2.75, 3.05) is 17.8 Å². The van der Waals surface area contributed by atoms with Gasteiger partial charge in [0.2, 0.25) is 5.91 Å². The smallest absolute Gasteiger partial charge is 0.238 e. The fourth-order valence-corrected chi connectivity index (χ4v) is 4.20. The fourth-order valence-electron chi connectivity index (χ4n) is 3.02. The van der Waals surface area contributed by atoms with Crippen LogP contribution in [0.15, 0.2) is 78.9 Å². The molecule has 0 saturated carbocycles. The van der Waals surface area contributed by atoms with Gasteiger partial charge in [-0.2, -0.15) is 0 Å². The van der Waals surface area contributed by atoms with Crippen LogP contribution in [0, 0.1) is 0 Å². The molecular weight excluding hydrogens is 358 g/mol. The molecule has 3 aromatic rings. The lowest BCUT2D eigenvalue weighted by Gasteiger charge is -2.24. The van der Waals surface area contributed by atoms with Gasteiger partial charge in [-0.25, -0.2) is 0 Å². The van der Waals surface area contributed by atoms with Gasteiger partial charge in [0.1, 0.15) is 22.6 Å². The van der Waals surface area contributed by atoms with Crippen molar-refractivity contribution in [2.24, 2.45) is 0 Å². The van der Waals surface area contributed by atoms with Crippen molar-refractivity contribution in [3.05, 3.63) is 84.4 Å². The van der Waals surface area contributed by atoms with E-state index in [-0.39, 0.29) is 11.3 Å². The van der Waals surface area contributed by atoms with Gasteiger partial charge < -0.3 is 9.47 Å². The van der Waals surface area contributed by atoms with Gasteiger partial charge in [0.25, 0.3) is 0 Å². The molecule has 0 aliphatic carbocycles. The first-order chi connectivity index (χ1) is 13.2. The SMILES string of the molecule is COc1ccc([C@@H]2SCC(=O)N2c2ccc(Oc3ccccc3)cc2)cc1. The van der Waals surface area contributed by atoms with Crippen LogP contribution in [0.5, 0.6) is 17.2 Å². The molecular formula is C22H19NO3S. The minimum Gasteiger partial charge on any atom is -0.497 e. The number of nitrogens with zero attached hydrogens (tertiary/aromatic N) is 1. The van der Waals surface area contributed by atoms with Crippen LogP contribution in [-0.4, -0.2) is 18.8 Å². The standard InChI is InChI=1S/C22H19NO3S/c1-25-18-11-7-16(8-12-18)22-23(21(24)15-27-22)17-9-13-20(14-10-17)26-19-5-3-2-4-6-19/h2-14,22H,15H2,1H3/t22-/m0/s1. The van der Waals surface area contributed by atoms with Crippen molar-refractivity contribution in [3.8, 4) is 17.2 Å². The number of anilines is 1. The van der Waals surface area contributed by atoms with Crippen LogP contribution >= 0.6 is 11.8 Å². The van der Waals surface area contributed by atoms with E-state index in [4.69, 9.17) is 9.47 Å². The van der Waals surface area contributed by atoms with Gasteiger partial charge in [-0.1, -0.05) is 30.3 Å². The van der Waals surface area contributed by atoms with Crippen LogP contribution in [-0.2, 0) is 4.79 Å². The van der Waals surface area contributed by atoms with Crippen molar-refractivity contribution in [3.63, 3.8) is 0 Å². The average Bonchev–Trinajstić information content (AvgIpc) is 3.11. The molecule has 27 heavy (non-hydrogen) atoms. The Morgan fingerprint density at radius 2 is 1.48 bits per heavy atom. The summed E-state index contributed by atoms with van der Waals surface area (Å²) in [5.41, 5.74) is 1.95. The van der Waals surface area contributed by atoms with Gasteiger partial charge in [-0.05, 0) is 54.1 Å². The number of ether oxygens (including phenoxy) is 2. The van der Waals surface area contributed by atoms with E-state index in [0.29, 0.717) is 5.75 Å². The topological polar surface area (TPSA) is 38.8 Å². The van der Waals surface area contributed by atoms with E-state index in [2.05, 4.69) is 0 Å². The minimum atomic E-state index is -0.0377. The van der Waals surface area contributed by atoms with E-state index in [0.717, 1.165) is 28.5 Å². The lowest BCUT2D eigenvalue weighted by Crippen LogP contribution is -2.27. The fraction of sp³-hybridized carbons (Fsp3) is 0.136. The molecule has 0 spiro atoms. The quantitative estimate of drug-likeness (QED) is 0.607. The van der Waals surface area contributed by atoms with E-state index in [1.165, 1.54) is 0 Å². The van der Waals surface area contributed by atoms with Crippen LogP contribution in [0.4, 0.5) is 5.69 Å². The highest BCUT2D eigenvalue weighted by atomic mass is 32.2. The molecule has 1 fully saturated rings. The Hall–Kier alpha value is -2.92. The molecule has 0 radical (unpaired) electrons. The summed E-state index contributed by atoms with van der Waals surface area (Å²) in [4.78, 5) is 14.4. The Labute approximate surface area is 162 Å². The second kappa shape index (κ2) is 7.76. The monoisotopic (exact) mass is 377 g/mol. The summed E-state index contributed by atoms with van der Waals surface area (Å²) in [5.74, 6) is 2.91. The molecule has 136 valence electrons. The maximum Gasteiger partial charge on any atom is 0.238 e. The number of hydrogen-bond donors (Lipinski definition) is 0. The Kier molecular flexibility index (Phi) is 5.03. The average molecular weight is 377 g/mol. The van der Waals surface area contributed by atoms with Crippen LogP contribution in [0.3, 0.4) is 0 Å². The van der Waals surface area contributed by atoms with E-state index >= 15 is 0 Å². The number of rotatable bonds is 5. The van der Waals surface area contributed by atoms with E-state index in [1.807, 2.05) is 83.8 Å². The normalized spacial score (nSPS) is 16.4. The summed E-state index contributed by atoms with van der Waals surface area (Å²) in [7, 11) is 1.65. The minimum absolute atomic E-state index is 0.0377. The second-order valence-corrected chi connectivity index (χ2v) is 7.18. The third-order valence-corrected chi connectivity index (χ3v) is 5.57. The molecule has 1 aliphatic rings. The second-order valence-electron chi connectivity index (χ2n) is 6.11. The lowest BCUT2D eigenvalue weighted by atomic mass is 10.1. The van der Waals surface area contributed by atoms with Gasteiger partial charge in [0.05, 0.1) is 12.9 Å². The summed E-state index contributed by atoms with van der Waals surface area (Å²) in [6, 6.07) is 25.1. The molecule has 1 amide bonds. The third-order valence-electron chi connectivity index (χ3n) is 4.36. The van der Waals surface area contributed by atoms with Crippen molar-refractivity contribution >= 4 is 23.4 Å².